The summed E-state index contributed by atoms with van der Waals surface area (Å²) in [6, 6.07) is 0. The number of aliphatic hydroxyl groups is 1. The number of hydrogen-bond donors (Lipinski definition) is 1. The maximum Gasteiger partial charge on any atom is 1.00 e. The van der Waals surface area contributed by atoms with E-state index in [9.17, 15) is 18.1 Å². The summed E-state index contributed by atoms with van der Waals surface area (Å²) < 4.78 is 34.4. The summed E-state index contributed by atoms with van der Waals surface area (Å²) in [6.07, 6.45) is 18.1. The van der Waals surface area contributed by atoms with E-state index in [-0.39, 0.29) is 35.7 Å². The molecule has 164 valence electrons. The molecule has 0 aromatic heterocycles. The molecule has 28 heavy (non-hydrogen) atoms. The van der Waals surface area contributed by atoms with Gasteiger partial charge >= 0.3 is 29.6 Å². The van der Waals surface area contributed by atoms with Crippen molar-refractivity contribution in [1.82, 2.24) is 0 Å². The zero-order valence-electron chi connectivity index (χ0n) is 19.0. The topological polar surface area (TPSA) is 77.4 Å². The molecule has 0 radical (unpaired) electrons. The average Bonchev–Trinajstić information content (AvgIpc) is 2.60. The zero-order valence-corrected chi connectivity index (χ0v) is 21.8. The van der Waals surface area contributed by atoms with Gasteiger partial charge in [-0.3, -0.25) is 0 Å². The van der Waals surface area contributed by atoms with Gasteiger partial charge in [-0.1, -0.05) is 104 Å². The van der Waals surface area contributed by atoms with Crippen LogP contribution in [0.25, 0.3) is 0 Å². The van der Waals surface area contributed by atoms with E-state index in [1.165, 1.54) is 51.4 Å². The molecule has 0 amide bonds. The molecule has 0 aliphatic rings. The first-order valence-electron chi connectivity index (χ1n) is 11.5. The summed E-state index contributed by atoms with van der Waals surface area (Å²) in [5, 5.41) is 8.97. The van der Waals surface area contributed by atoms with Crippen LogP contribution >= 0.6 is 0 Å². The second-order valence-corrected chi connectivity index (χ2v) is 9.82. The Morgan fingerprint density at radius 3 is 1.46 bits per heavy atom. The Bertz CT molecular complexity index is 415. The third-order valence-electron chi connectivity index (χ3n) is 5.47. The minimum absolute atomic E-state index is 0. The molecule has 0 heterocycles. The van der Waals surface area contributed by atoms with Crippen LogP contribution in [0.4, 0.5) is 0 Å². The summed E-state index contributed by atoms with van der Waals surface area (Å²) in [5.41, 5.74) is 0. The Morgan fingerprint density at radius 2 is 1.04 bits per heavy atom. The molecule has 2 unspecified atom stereocenters. The number of unbranched alkanes of at least 4 members (excludes halogenated alkanes) is 11. The van der Waals surface area contributed by atoms with E-state index in [0.29, 0.717) is 25.7 Å². The van der Waals surface area contributed by atoms with Crippen molar-refractivity contribution in [2.24, 2.45) is 0 Å². The molecule has 0 saturated carbocycles. The van der Waals surface area contributed by atoms with Crippen LogP contribution in [-0.2, 0) is 10.1 Å². The summed E-state index contributed by atoms with van der Waals surface area (Å²) in [6.45, 7) is 4.28. The van der Waals surface area contributed by atoms with Crippen molar-refractivity contribution in [2.45, 2.75) is 141 Å². The van der Waals surface area contributed by atoms with Gasteiger partial charge in [0.1, 0.15) is 0 Å². The second kappa shape index (κ2) is 21.1. The van der Waals surface area contributed by atoms with Crippen molar-refractivity contribution in [3.63, 3.8) is 0 Å². The molecule has 0 saturated heterocycles. The average molecular weight is 429 g/mol. The maximum atomic E-state index is 11.5. The van der Waals surface area contributed by atoms with Gasteiger partial charge in [-0.25, -0.2) is 8.42 Å². The van der Waals surface area contributed by atoms with Crippen LogP contribution in [0, 0.1) is 0 Å². The van der Waals surface area contributed by atoms with Crippen molar-refractivity contribution in [3.05, 3.63) is 0 Å². The van der Waals surface area contributed by atoms with Gasteiger partial charge in [-0.05, 0) is 25.7 Å². The monoisotopic (exact) mass is 428 g/mol. The Balaban J connectivity index is 0. The molecule has 4 nitrogen and oxygen atoms in total. The predicted molar refractivity (Wildman–Crippen MR) is 114 cm³/mol. The van der Waals surface area contributed by atoms with Gasteiger partial charge < -0.3 is 9.66 Å². The fourth-order valence-electron chi connectivity index (χ4n) is 3.70. The Hall–Kier alpha value is 0.870. The smallest absolute Gasteiger partial charge is 0.748 e. The van der Waals surface area contributed by atoms with Crippen LogP contribution in [-0.4, -0.2) is 29.4 Å². The molecule has 0 fully saturated rings. The van der Waals surface area contributed by atoms with Gasteiger partial charge in [0.05, 0.1) is 16.2 Å². The normalized spacial score (nSPS) is 13.9. The third-order valence-corrected chi connectivity index (χ3v) is 6.76. The van der Waals surface area contributed by atoms with Gasteiger partial charge in [-0.2, -0.15) is 0 Å². The SMILES string of the molecule is CCCCCCCCCCCCCC(CCCCC(O)CCC)S(=O)(=O)[O-].[Na+]. The van der Waals surface area contributed by atoms with Gasteiger partial charge in [-0.15, -0.1) is 0 Å². The molecule has 6 heteroatoms. The molecule has 0 aliphatic heterocycles. The summed E-state index contributed by atoms with van der Waals surface area (Å²) >= 11 is 0. The summed E-state index contributed by atoms with van der Waals surface area (Å²) in [4.78, 5) is 0. The predicted octanol–water partition coefficient (Wildman–Crippen LogP) is 3.33. The van der Waals surface area contributed by atoms with Crippen molar-refractivity contribution < 1.29 is 47.6 Å². The van der Waals surface area contributed by atoms with E-state index >= 15 is 0 Å². The molecule has 0 aromatic rings. The Kier molecular flexibility index (Phi) is 23.4. The first-order chi connectivity index (χ1) is 12.9. The number of hydrogen-bond acceptors (Lipinski definition) is 4. The summed E-state index contributed by atoms with van der Waals surface area (Å²) in [5.74, 6) is 0. The molecule has 0 bridgehead atoms. The molecule has 0 rings (SSSR count). The van der Waals surface area contributed by atoms with E-state index in [0.717, 1.165) is 38.5 Å². The van der Waals surface area contributed by atoms with E-state index in [1.807, 2.05) is 6.92 Å². The number of aliphatic hydroxyl groups excluding tert-OH is 1. The van der Waals surface area contributed by atoms with Crippen molar-refractivity contribution in [1.29, 1.82) is 0 Å². The summed E-state index contributed by atoms with van der Waals surface area (Å²) in [7, 11) is -4.20. The molecule has 0 aromatic carbocycles. The van der Waals surface area contributed by atoms with Crippen LogP contribution in [0.15, 0.2) is 0 Å². The van der Waals surface area contributed by atoms with E-state index in [2.05, 4.69) is 6.92 Å². The third kappa shape index (κ3) is 20.2. The molecule has 2 atom stereocenters. The second-order valence-electron chi connectivity index (χ2n) is 8.17. The number of rotatable bonds is 20. The molecule has 1 N–H and O–H groups in total. The molecular formula is C22H45NaO4S. The van der Waals surface area contributed by atoms with E-state index < -0.39 is 15.4 Å². The first kappa shape index (κ1) is 31.1. The minimum Gasteiger partial charge on any atom is -0.748 e. The fraction of sp³-hybridized carbons (Fsp3) is 1.00. The van der Waals surface area contributed by atoms with Crippen LogP contribution < -0.4 is 29.6 Å². The van der Waals surface area contributed by atoms with Crippen LogP contribution in [0.2, 0.25) is 0 Å². The molecule has 0 aliphatic carbocycles. The molecule has 0 spiro atoms. The van der Waals surface area contributed by atoms with Crippen LogP contribution in [0.1, 0.15) is 129 Å². The van der Waals surface area contributed by atoms with Gasteiger partial charge in [0.2, 0.25) is 0 Å². The largest absolute Gasteiger partial charge is 1.00 e. The molecular weight excluding hydrogens is 383 g/mol. The van der Waals surface area contributed by atoms with Crippen molar-refractivity contribution in [3.8, 4) is 0 Å². The van der Waals surface area contributed by atoms with Gasteiger partial charge in [0, 0.05) is 5.25 Å². The van der Waals surface area contributed by atoms with Gasteiger partial charge in [0.25, 0.3) is 0 Å². The van der Waals surface area contributed by atoms with E-state index in [4.69, 9.17) is 0 Å². The van der Waals surface area contributed by atoms with Crippen LogP contribution in [0.3, 0.4) is 0 Å². The van der Waals surface area contributed by atoms with Gasteiger partial charge in [0.15, 0.2) is 0 Å². The van der Waals surface area contributed by atoms with E-state index in [1.54, 1.807) is 0 Å². The minimum atomic E-state index is -4.20. The van der Waals surface area contributed by atoms with Crippen LogP contribution in [0.5, 0.6) is 0 Å². The fourth-order valence-corrected chi connectivity index (χ4v) is 4.61. The standard InChI is InChI=1S/C22H46O4S.Na/c1-3-5-6-7-8-9-10-11-12-13-14-19-22(27(24,25)26)20-16-15-18-21(23)17-4-2;/h21-23H,3-20H2,1-2H3,(H,24,25,26);/q;+1/p-1. The zero-order chi connectivity index (χ0) is 20.4. The van der Waals surface area contributed by atoms with Crippen molar-refractivity contribution in [2.75, 3.05) is 0 Å². The quantitative estimate of drug-likeness (QED) is 0.183. The Labute approximate surface area is 197 Å². The Morgan fingerprint density at radius 1 is 0.643 bits per heavy atom. The maximum absolute atomic E-state index is 11.5. The van der Waals surface area contributed by atoms with Crippen molar-refractivity contribution >= 4 is 10.1 Å². The first-order valence-corrected chi connectivity index (χ1v) is 13.0.